The third kappa shape index (κ3) is 2.96. The summed E-state index contributed by atoms with van der Waals surface area (Å²) in [6.07, 6.45) is 4.22. The van der Waals surface area contributed by atoms with Crippen molar-refractivity contribution in [2.45, 2.75) is 44.6 Å². The minimum Gasteiger partial charge on any atom is -0.465 e. The van der Waals surface area contributed by atoms with Crippen molar-refractivity contribution in [3.8, 4) is 0 Å². The van der Waals surface area contributed by atoms with Crippen molar-refractivity contribution in [2.75, 3.05) is 23.4 Å². The second-order valence-electron chi connectivity index (χ2n) is 5.20. The maximum Gasteiger partial charge on any atom is 0.315 e. The number of hydrogen-bond acceptors (Lipinski definition) is 6. The monoisotopic (exact) mass is 312 g/mol. The normalized spacial score (nSPS) is 22.6. The number of aromatic nitrogens is 1. The van der Waals surface area contributed by atoms with Gasteiger partial charge in [0.2, 0.25) is 0 Å². The first-order chi connectivity index (χ1) is 9.78. The Kier molecular flexibility index (Phi) is 4.51. The van der Waals surface area contributed by atoms with E-state index < -0.39 is 0 Å². The fourth-order valence-electron chi connectivity index (χ4n) is 2.78. The Morgan fingerprint density at radius 2 is 2.20 bits per heavy atom. The van der Waals surface area contributed by atoms with Gasteiger partial charge in [0.1, 0.15) is 5.92 Å². The minimum absolute atomic E-state index is 0.114. The Labute approximate surface area is 127 Å². The summed E-state index contributed by atoms with van der Waals surface area (Å²) >= 11 is 3.74. The molecule has 1 aromatic heterocycles. The van der Waals surface area contributed by atoms with Gasteiger partial charge >= 0.3 is 5.97 Å². The summed E-state index contributed by atoms with van der Waals surface area (Å²) in [5.74, 6) is 2.21. The average molecular weight is 312 g/mol. The smallest absolute Gasteiger partial charge is 0.315 e. The van der Waals surface area contributed by atoms with Gasteiger partial charge in [-0.3, -0.25) is 4.79 Å². The van der Waals surface area contributed by atoms with Crippen LogP contribution in [0.4, 0.5) is 5.13 Å². The van der Waals surface area contributed by atoms with Crippen LogP contribution in [0.15, 0.2) is 0 Å². The number of hydrogen-bond donors (Lipinski definition) is 1. The van der Waals surface area contributed by atoms with Gasteiger partial charge in [-0.15, -0.1) is 11.3 Å². The van der Waals surface area contributed by atoms with Gasteiger partial charge < -0.3 is 10.1 Å². The molecule has 0 saturated carbocycles. The van der Waals surface area contributed by atoms with Crippen LogP contribution in [0.5, 0.6) is 0 Å². The lowest BCUT2D eigenvalue weighted by atomic mass is 10.1. The van der Waals surface area contributed by atoms with Gasteiger partial charge in [0, 0.05) is 10.9 Å². The molecule has 1 unspecified atom stereocenters. The van der Waals surface area contributed by atoms with E-state index in [1.807, 2.05) is 18.7 Å². The zero-order chi connectivity index (χ0) is 13.9. The molecule has 0 radical (unpaired) electrons. The highest BCUT2D eigenvalue weighted by atomic mass is 32.2. The maximum absolute atomic E-state index is 11.9. The van der Waals surface area contributed by atoms with E-state index in [0.717, 1.165) is 23.7 Å². The van der Waals surface area contributed by atoms with Gasteiger partial charge in [0.25, 0.3) is 0 Å². The van der Waals surface area contributed by atoms with Crippen LogP contribution in [-0.2, 0) is 16.0 Å². The van der Waals surface area contributed by atoms with Crippen LogP contribution in [0, 0.1) is 0 Å². The molecule has 110 valence electrons. The molecule has 1 N–H and O–H groups in total. The first-order valence-corrected chi connectivity index (χ1v) is 9.25. The Morgan fingerprint density at radius 3 is 2.95 bits per heavy atom. The van der Waals surface area contributed by atoms with Gasteiger partial charge in [0.15, 0.2) is 5.13 Å². The summed E-state index contributed by atoms with van der Waals surface area (Å²) in [4.78, 5) is 17.9. The summed E-state index contributed by atoms with van der Waals surface area (Å²) < 4.78 is 5.14. The van der Waals surface area contributed by atoms with Crippen LogP contribution in [0.2, 0.25) is 0 Å². The van der Waals surface area contributed by atoms with E-state index in [-0.39, 0.29) is 11.9 Å². The molecule has 1 fully saturated rings. The topological polar surface area (TPSA) is 51.2 Å². The van der Waals surface area contributed by atoms with E-state index in [1.54, 1.807) is 11.3 Å². The van der Waals surface area contributed by atoms with E-state index in [1.165, 1.54) is 29.2 Å². The van der Waals surface area contributed by atoms with Crippen LogP contribution in [0.1, 0.15) is 42.7 Å². The van der Waals surface area contributed by atoms with E-state index in [4.69, 9.17) is 4.74 Å². The quantitative estimate of drug-likeness (QED) is 0.866. The van der Waals surface area contributed by atoms with Crippen LogP contribution in [-0.4, -0.2) is 35.1 Å². The summed E-state index contributed by atoms with van der Waals surface area (Å²) in [6, 6.07) is 0.545. The molecule has 1 saturated heterocycles. The fraction of sp³-hybridized carbons (Fsp3) is 0.714. The van der Waals surface area contributed by atoms with Crippen molar-refractivity contribution < 1.29 is 9.53 Å². The number of anilines is 1. The Balaban J connectivity index is 1.68. The Hall–Kier alpha value is -0.750. The largest absolute Gasteiger partial charge is 0.465 e. The van der Waals surface area contributed by atoms with Crippen LogP contribution in [0.25, 0.3) is 0 Å². The van der Waals surface area contributed by atoms with Crippen molar-refractivity contribution in [1.82, 2.24) is 4.98 Å². The standard InChI is InChI=1S/C14H20N2O2S2/c1-2-18-13(17)10-3-4-11-12(10)16-14(20-11)15-9-5-7-19-8-6-9/h9-10H,2-8H2,1H3,(H,15,16). The summed E-state index contributed by atoms with van der Waals surface area (Å²) in [5, 5.41) is 4.53. The minimum atomic E-state index is -0.140. The predicted molar refractivity (Wildman–Crippen MR) is 83.8 cm³/mol. The number of nitrogens with zero attached hydrogens (tertiary/aromatic N) is 1. The molecule has 3 rings (SSSR count). The van der Waals surface area contributed by atoms with Crippen molar-refractivity contribution >= 4 is 34.2 Å². The Bertz CT molecular complexity index is 484. The molecule has 0 bridgehead atoms. The molecule has 6 heteroatoms. The highest BCUT2D eigenvalue weighted by Gasteiger charge is 2.33. The summed E-state index contributed by atoms with van der Waals surface area (Å²) in [6.45, 7) is 2.29. The van der Waals surface area contributed by atoms with Crippen LogP contribution < -0.4 is 5.32 Å². The van der Waals surface area contributed by atoms with E-state index in [2.05, 4.69) is 10.3 Å². The lowest BCUT2D eigenvalue weighted by Gasteiger charge is -2.22. The second-order valence-corrected chi connectivity index (χ2v) is 7.51. The fourth-order valence-corrected chi connectivity index (χ4v) is 5.00. The van der Waals surface area contributed by atoms with Crippen molar-refractivity contribution in [3.63, 3.8) is 0 Å². The van der Waals surface area contributed by atoms with Crippen molar-refractivity contribution in [2.24, 2.45) is 0 Å². The van der Waals surface area contributed by atoms with Gasteiger partial charge in [0.05, 0.1) is 12.3 Å². The molecule has 1 aliphatic heterocycles. The number of ether oxygens (including phenoxy) is 1. The Morgan fingerprint density at radius 1 is 1.40 bits per heavy atom. The van der Waals surface area contributed by atoms with Crippen molar-refractivity contribution in [3.05, 3.63) is 10.6 Å². The van der Waals surface area contributed by atoms with Crippen LogP contribution >= 0.6 is 23.1 Å². The molecule has 4 nitrogen and oxygen atoms in total. The number of esters is 1. The first-order valence-electron chi connectivity index (χ1n) is 7.28. The average Bonchev–Trinajstić information content (AvgIpc) is 2.99. The highest BCUT2D eigenvalue weighted by Crippen LogP contribution is 2.39. The van der Waals surface area contributed by atoms with Gasteiger partial charge in [-0.05, 0) is 44.1 Å². The lowest BCUT2D eigenvalue weighted by Crippen LogP contribution is -2.24. The summed E-state index contributed by atoms with van der Waals surface area (Å²) in [7, 11) is 0. The number of thiazole rings is 1. The molecule has 2 aliphatic rings. The van der Waals surface area contributed by atoms with E-state index in [9.17, 15) is 4.79 Å². The zero-order valence-corrected chi connectivity index (χ0v) is 13.3. The number of fused-ring (bicyclic) bond motifs is 1. The van der Waals surface area contributed by atoms with Crippen molar-refractivity contribution in [1.29, 1.82) is 0 Å². The maximum atomic E-state index is 11.9. The number of nitrogens with one attached hydrogen (secondary N) is 1. The van der Waals surface area contributed by atoms with E-state index in [0.29, 0.717) is 12.6 Å². The summed E-state index contributed by atoms with van der Waals surface area (Å²) in [5.41, 5.74) is 0.959. The number of carbonyl (C=O) groups is 1. The molecule has 2 heterocycles. The molecule has 0 amide bonds. The zero-order valence-electron chi connectivity index (χ0n) is 11.7. The van der Waals surface area contributed by atoms with Gasteiger partial charge in [-0.1, -0.05) is 0 Å². The molecular formula is C14H20N2O2S2. The molecule has 1 aliphatic carbocycles. The SMILES string of the molecule is CCOC(=O)C1CCc2sc(NC3CCSCC3)nc21. The molecular weight excluding hydrogens is 292 g/mol. The number of carbonyl (C=O) groups excluding carboxylic acids is 1. The third-order valence-electron chi connectivity index (χ3n) is 3.84. The number of aryl methyl sites for hydroxylation is 1. The van der Waals surface area contributed by atoms with Gasteiger partial charge in [-0.25, -0.2) is 4.98 Å². The first kappa shape index (κ1) is 14.2. The second kappa shape index (κ2) is 6.35. The molecule has 0 aromatic carbocycles. The predicted octanol–water partition coefficient (Wildman–Crippen LogP) is 3.04. The van der Waals surface area contributed by atoms with Crippen LogP contribution in [0.3, 0.4) is 0 Å². The molecule has 1 aromatic rings. The van der Waals surface area contributed by atoms with Gasteiger partial charge in [-0.2, -0.15) is 11.8 Å². The lowest BCUT2D eigenvalue weighted by molar-refractivity contribution is -0.145. The number of thioether (sulfide) groups is 1. The van der Waals surface area contributed by atoms with E-state index >= 15 is 0 Å². The molecule has 1 atom stereocenters. The number of rotatable bonds is 4. The molecule has 0 spiro atoms. The third-order valence-corrected chi connectivity index (χ3v) is 5.95. The molecule has 20 heavy (non-hydrogen) atoms. The highest BCUT2D eigenvalue weighted by molar-refractivity contribution is 7.99.